The van der Waals surface area contributed by atoms with Crippen LogP contribution in [0.5, 0.6) is 0 Å². The van der Waals surface area contributed by atoms with E-state index in [4.69, 9.17) is 8.58 Å². The van der Waals surface area contributed by atoms with Crippen molar-refractivity contribution >= 4 is 8.58 Å². The number of halogens is 1. The van der Waals surface area contributed by atoms with E-state index in [0.717, 1.165) is 23.2 Å². The molecule has 0 N–H and O–H groups in total. The Labute approximate surface area is 62.4 Å². The van der Waals surface area contributed by atoms with E-state index in [-0.39, 0.29) is 0 Å². The molecule has 1 aliphatic carbocycles. The van der Waals surface area contributed by atoms with E-state index in [2.05, 4.69) is 0 Å². The summed E-state index contributed by atoms with van der Waals surface area (Å²) in [7, 11) is 4.78. The maximum atomic E-state index is 4.78. The normalized spacial score (nSPS) is 13.1. The topological polar surface area (TPSA) is 0 Å². The van der Waals surface area contributed by atoms with E-state index < -0.39 is 0 Å². The van der Waals surface area contributed by atoms with Crippen molar-refractivity contribution in [1.82, 2.24) is 0 Å². The van der Waals surface area contributed by atoms with Gasteiger partial charge in [-0.15, -0.1) is 0 Å². The second kappa shape index (κ2) is 6.64. The zero-order valence-corrected chi connectivity index (χ0v) is 8.11. The molecule has 0 heterocycles. The van der Waals surface area contributed by atoms with Crippen molar-refractivity contribution in [3.05, 3.63) is 30.7 Å². The van der Waals surface area contributed by atoms with Crippen molar-refractivity contribution in [2.75, 3.05) is 0 Å². The minimum absolute atomic E-state index is 0.778. The fourth-order valence-corrected chi connectivity index (χ4v) is 0.321. The second-order valence-corrected chi connectivity index (χ2v) is 0.962. The van der Waals surface area contributed by atoms with Crippen LogP contribution in [0, 0.1) is 6.42 Å². The van der Waals surface area contributed by atoms with Crippen molar-refractivity contribution in [3.8, 4) is 0 Å². The maximum absolute atomic E-state index is 4.78. The van der Waals surface area contributed by atoms with Crippen LogP contribution in [0.25, 0.3) is 0 Å². The van der Waals surface area contributed by atoms with E-state index >= 15 is 0 Å². The number of allylic oxidation sites excluding steroid dienone is 4. The summed E-state index contributed by atoms with van der Waals surface area (Å²) in [6, 6.07) is 0. The molecule has 0 saturated carbocycles. The van der Waals surface area contributed by atoms with Gasteiger partial charge >= 0.3 is 31.8 Å². The van der Waals surface area contributed by atoms with Gasteiger partial charge in [0.2, 0.25) is 0 Å². The Morgan fingerprint density at radius 2 is 1.29 bits per heavy atom. The zero-order valence-electron chi connectivity index (χ0n) is 3.76. The van der Waals surface area contributed by atoms with Gasteiger partial charge < -0.3 is 0 Å². The quantitative estimate of drug-likeness (QED) is 0.595. The van der Waals surface area contributed by atoms with E-state index in [1.165, 1.54) is 0 Å². The second-order valence-electron chi connectivity index (χ2n) is 0.962. The van der Waals surface area contributed by atoms with Gasteiger partial charge in [0, 0.05) is 6.42 Å². The first kappa shape index (κ1) is 7.64. The van der Waals surface area contributed by atoms with Gasteiger partial charge in [-0.05, 0) is 0 Å². The van der Waals surface area contributed by atoms with E-state index in [9.17, 15) is 0 Å². The summed E-state index contributed by atoms with van der Waals surface area (Å²) in [5, 5.41) is 0. The monoisotopic (exact) mass is 280 g/mol. The fourth-order valence-electron chi connectivity index (χ4n) is 0.321. The summed E-state index contributed by atoms with van der Waals surface area (Å²) in [6.45, 7) is 0. The van der Waals surface area contributed by atoms with Gasteiger partial charge in [0.05, 0.1) is 0 Å². The van der Waals surface area contributed by atoms with Crippen molar-refractivity contribution in [2.24, 2.45) is 0 Å². The molecule has 0 aromatic rings. The van der Waals surface area contributed by atoms with Crippen LogP contribution in [0.15, 0.2) is 24.3 Å². The van der Waals surface area contributed by atoms with Crippen molar-refractivity contribution in [3.63, 3.8) is 0 Å². The molecule has 0 bridgehead atoms. The molecule has 0 spiro atoms. The van der Waals surface area contributed by atoms with Gasteiger partial charge in [0.1, 0.15) is 0 Å². The molecule has 0 atom stereocenters. The van der Waals surface area contributed by atoms with Crippen molar-refractivity contribution < 1.29 is 23.2 Å². The Morgan fingerprint density at radius 1 is 0.857 bits per heavy atom. The number of hydrogen-bond donors (Lipinski definition) is 0. The van der Waals surface area contributed by atoms with Crippen LogP contribution in [-0.4, -0.2) is 0 Å². The third-order valence-corrected chi connectivity index (χ3v) is 0.556. The summed E-state index contributed by atoms with van der Waals surface area (Å²) in [6.07, 6.45) is 10.0. The molecule has 0 saturated heterocycles. The van der Waals surface area contributed by atoms with Crippen molar-refractivity contribution in [2.45, 2.75) is 0 Å². The van der Waals surface area contributed by atoms with Crippen LogP contribution in [0.3, 0.4) is 0 Å². The number of rotatable bonds is 0. The molecule has 7 heavy (non-hydrogen) atoms. The molecule has 1 radical (unpaired) electrons. The fraction of sp³-hybridized carbons (Fsp3) is 0. The third-order valence-electron chi connectivity index (χ3n) is 0.556. The summed E-state index contributed by atoms with van der Waals surface area (Å²) < 4.78 is 0. The predicted molar refractivity (Wildman–Crippen MR) is 28.4 cm³/mol. The molecule has 0 unspecified atom stereocenters. The SMILES string of the molecule is [CH]1C=CC=C1.[Cl][Hf]. The molecule has 0 aromatic heterocycles. The van der Waals surface area contributed by atoms with Crippen LogP contribution in [0.1, 0.15) is 0 Å². The molecule has 2 heteroatoms. The van der Waals surface area contributed by atoms with Crippen LogP contribution >= 0.6 is 8.58 Å². The number of hydrogen-bond acceptors (Lipinski definition) is 0. The van der Waals surface area contributed by atoms with Gasteiger partial charge in [0.15, 0.2) is 0 Å². The molecular formula is C5H5ClHf. The predicted octanol–water partition coefficient (Wildman–Crippen LogP) is 2.00. The average molecular weight is 279 g/mol. The summed E-state index contributed by atoms with van der Waals surface area (Å²) in [5.74, 6) is 0. The summed E-state index contributed by atoms with van der Waals surface area (Å²) in [4.78, 5) is 0. The average Bonchev–Trinajstić information content (AvgIpc) is 2.23. The molecule has 0 nitrogen and oxygen atoms in total. The summed E-state index contributed by atoms with van der Waals surface area (Å²) in [5.41, 5.74) is 0. The Bertz CT molecular complexity index is 66.1. The van der Waals surface area contributed by atoms with Gasteiger partial charge in [-0.3, -0.25) is 0 Å². The molecule has 0 aromatic carbocycles. The standard InChI is InChI=1S/C5H5.ClH.Hf/c1-2-4-5-3-1;;/h1-5H;1H;/q;;+1/p-1. The Morgan fingerprint density at radius 3 is 1.43 bits per heavy atom. The molecule has 0 fully saturated rings. The molecule has 1 aliphatic rings. The van der Waals surface area contributed by atoms with Gasteiger partial charge in [-0.25, -0.2) is 0 Å². The van der Waals surface area contributed by atoms with E-state index in [1.807, 2.05) is 30.7 Å². The van der Waals surface area contributed by atoms with Gasteiger partial charge in [-0.2, -0.15) is 0 Å². The van der Waals surface area contributed by atoms with E-state index in [1.54, 1.807) is 0 Å². The van der Waals surface area contributed by atoms with Gasteiger partial charge in [0.25, 0.3) is 0 Å². The first-order valence-corrected chi connectivity index (χ1v) is 6.31. The summed E-state index contributed by atoms with van der Waals surface area (Å²) >= 11 is 0.778. The molecule has 0 amide bonds. The van der Waals surface area contributed by atoms with E-state index in [0.29, 0.717) is 0 Å². The molecule has 36 valence electrons. The Balaban J connectivity index is 0.000000162. The van der Waals surface area contributed by atoms with Crippen LogP contribution < -0.4 is 0 Å². The first-order chi connectivity index (χ1) is 3.50. The first-order valence-electron chi connectivity index (χ1n) is 1.86. The molecule has 0 aliphatic heterocycles. The zero-order chi connectivity index (χ0) is 5.54. The third kappa shape index (κ3) is 4.49. The Hall–Kier alpha value is 0.640. The molecular weight excluding hydrogens is 274 g/mol. The Kier molecular flexibility index (Phi) is 7.25. The van der Waals surface area contributed by atoms with Gasteiger partial charge in [-0.1, -0.05) is 24.3 Å². The van der Waals surface area contributed by atoms with Crippen LogP contribution in [0.4, 0.5) is 0 Å². The molecule has 1 rings (SSSR count). The minimum atomic E-state index is 0.778. The van der Waals surface area contributed by atoms with Crippen LogP contribution in [0.2, 0.25) is 0 Å². The van der Waals surface area contributed by atoms with Crippen LogP contribution in [-0.2, 0) is 23.2 Å². The van der Waals surface area contributed by atoms with Crippen molar-refractivity contribution in [1.29, 1.82) is 0 Å².